The molecule has 3 amide bonds. The molecule has 0 saturated carbocycles. The summed E-state index contributed by atoms with van der Waals surface area (Å²) in [7, 11) is 3.36. The number of hydrogen-bond donors (Lipinski definition) is 3. The quantitative estimate of drug-likeness (QED) is 0.488. The van der Waals surface area contributed by atoms with Gasteiger partial charge in [-0.15, -0.1) is 10.2 Å². The first-order valence-electron chi connectivity index (χ1n) is 9.38. The fourth-order valence-corrected chi connectivity index (χ4v) is 3.36. The molecule has 31 heavy (non-hydrogen) atoms. The second-order valence-corrected chi connectivity index (χ2v) is 7.64. The molecule has 1 heterocycles. The van der Waals surface area contributed by atoms with E-state index in [-0.39, 0.29) is 23.5 Å². The van der Waals surface area contributed by atoms with Crippen molar-refractivity contribution < 1.29 is 14.4 Å². The van der Waals surface area contributed by atoms with Crippen LogP contribution in [0, 0.1) is 6.92 Å². The maximum Gasteiger partial charge on any atom is 0.255 e. The Kier molecular flexibility index (Phi) is 7.03. The van der Waals surface area contributed by atoms with Crippen molar-refractivity contribution in [2.24, 2.45) is 7.05 Å². The number of rotatable bonds is 7. The van der Waals surface area contributed by atoms with E-state index in [2.05, 4.69) is 26.1 Å². The summed E-state index contributed by atoms with van der Waals surface area (Å²) in [5, 5.41) is 16.5. The molecule has 0 aliphatic rings. The van der Waals surface area contributed by atoms with Crippen LogP contribution in [0.25, 0.3) is 0 Å². The first-order chi connectivity index (χ1) is 14.9. The Balaban J connectivity index is 1.64. The largest absolute Gasteiger partial charge is 0.355 e. The zero-order valence-corrected chi connectivity index (χ0v) is 18.1. The molecule has 0 atom stereocenters. The average molecular weight is 439 g/mol. The molecule has 160 valence electrons. The molecule has 0 aliphatic carbocycles. The Morgan fingerprint density at radius 2 is 1.71 bits per heavy atom. The molecule has 0 aliphatic heterocycles. The predicted octanol–water partition coefficient (Wildman–Crippen LogP) is 2.47. The van der Waals surface area contributed by atoms with Crippen LogP contribution < -0.4 is 16.0 Å². The van der Waals surface area contributed by atoms with Crippen LogP contribution in [0.2, 0.25) is 0 Å². The van der Waals surface area contributed by atoms with Gasteiger partial charge in [0.15, 0.2) is 5.16 Å². The summed E-state index contributed by atoms with van der Waals surface area (Å²) in [6.45, 7) is 1.85. The van der Waals surface area contributed by atoms with E-state index < -0.39 is 0 Å². The summed E-state index contributed by atoms with van der Waals surface area (Å²) in [6.07, 6.45) is 1.57. The molecule has 1 aromatic heterocycles. The minimum absolute atomic E-state index is 0.167. The lowest BCUT2D eigenvalue weighted by Crippen LogP contribution is -2.18. The van der Waals surface area contributed by atoms with Crippen molar-refractivity contribution in [3.63, 3.8) is 0 Å². The normalized spacial score (nSPS) is 10.4. The molecule has 0 fully saturated rings. The van der Waals surface area contributed by atoms with Gasteiger partial charge in [0.2, 0.25) is 5.91 Å². The number of carbonyl (C=O) groups excluding carboxylic acids is 3. The fraction of sp³-hybridized carbons (Fsp3) is 0.190. The average Bonchev–Trinajstić information content (AvgIpc) is 3.18. The number of hydrogen-bond acceptors (Lipinski definition) is 6. The van der Waals surface area contributed by atoms with Crippen molar-refractivity contribution in [1.82, 2.24) is 20.1 Å². The zero-order chi connectivity index (χ0) is 22.4. The Hall–Kier alpha value is -3.66. The van der Waals surface area contributed by atoms with Crippen molar-refractivity contribution in [2.45, 2.75) is 12.1 Å². The molecule has 0 radical (unpaired) electrons. The molecule has 0 bridgehead atoms. The highest BCUT2D eigenvalue weighted by molar-refractivity contribution is 7.99. The van der Waals surface area contributed by atoms with Gasteiger partial charge in [0.05, 0.1) is 5.75 Å². The number of thioether (sulfide) groups is 1. The van der Waals surface area contributed by atoms with Gasteiger partial charge >= 0.3 is 0 Å². The van der Waals surface area contributed by atoms with E-state index in [1.807, 2.05) is 6.92 Å². The summed E-state index contributed by atoms with van der Waals surface area (Å²) in [6, 6.07) is 11.7. The number of aryl methyl sites for hydroxylation is 2. The predicted molar refractivity (Wildman–Crippen MR) is 119 cm³/mol. The third-order valence-electron chi connectivity index (χ3n) is 4.41. The lowest BCUT2D eigenvalue weighted by atomic mass is 10.1. The monoisotopic (exact) mass is 438 g/mol. The second-order valence-electron chi connectivity index (χ2n) is 6.70. The van der Waals surface area contributed by atoms with Crippen LogP contribution >= 0.6 is 11.8 Å². The van der Waals surface area contributed by atoms with Gasteiger partial charge in [-0.3, -0.25) is 14.4 Å². The molecular formula is C21H22N6O3S. The molecule has 3 N–H and O–H groups in total. The molecule has 0 saturated heterocycles. The molecule has 0 unspecified atom stereocenters. The van der Waals surface area contributed by atoms with Crippen LogP contribution in [-0.2, 0) is 11.8 Å². The van der Waals surface area contributed by atoms with Gasteiger partial charge in [-0.1, -0.05) is 17.8 Å². The van der Waals surface area contributed by atoms with E-state index in [4.69, 9.17) is 0 Å². The Morgan fingerprint density at radius 3 is 2.35 bits per heavy atom. The van der Waals surface area contributed by atoms with Gasteiger partial charge in [0, 0.05) is 36.6 Å². The SMILES string of the molecule is CNC(=O)c1ccc(NC(=O)c2ccc(C)c(NC(=O)CSc3nncn3C)c2)cc1. The Bertz CT molecular complexity index is 1110. The van der Waals surface area contributed by atoms with Gasteiger partial charge in [-0.25, -0.2) is 0 Å². The summed E-state index contributed by atoms with van der Waals surface area (Å²) in [5.41, 5.74) is 2.86. The number of anilines is 2. The highest BCUT2D eigenvalue weighted by Gasteiger charge is 2.12. The number of nitrogens with zero attached hydrogens (tertiary/aromatic N) is 3. The van der Waals surface area contributed by atoms with E-state index in [1.54, 1.807) is 67.5 Å². The minimum Gasteiger partial charge on any atom is -0.355 e. The van der Waals surface area contributed by atoms with E-state index >= 15 is 0 Å². The van der Waals surface area contributed by atoms with Crippen molar-refractivity contribution >= 4 is 40.9 Å². The number of aromatic nitrogens is 3. The Labute approximate surface area is 183 Å². The maximum atomic E-state index is 12.6. The van der Waals surface area contributed by atoms with E-state index in [1.165, 1.54) is 11.8 Å². The lowest BCUT2D eigenvalue weighted by Gasteiger charge is -2.11. The van der Waals surface area contributed by atoms with Gasteiger partial charge in [0.1, 0.15) is 6.33 Å². The molecule has 3 rings (SSSR count). The smallest absolute Gasteiger partial charge is 0.255 e. The van der Waals surface area contributed by atoms with Crippen LogP contribution in [0.1, 0.15) is 26.3 Å². The number of nitrogens with one attached hydrogen (secondary N) is 3. The van der Waals surface area contributed by atoms with Crippen LogP contribution in [0.15, 0.2) is 53.9 Å². The van der Waals surface area contributed by atoms with E-state index in [0.29, 0.717) is 27.7 Å². The molecule has 9 nitrogen and oxygen atoms in total. The second kappa shape index (κ2) is 9.90. The molecule has 2 aromatic carbocycles. The third kappa shape index (κ3) is 5.70. The number of amides is 3. The fourth-order valence-electron chi connectivity index (χ4n) is 2.67. The molecular weight excluding hydrogens is 416 g/mol. The number of carbonyl (C=O) groups is 3. The van der Waals surface area contributed by atoms with Crippen LogP contribution in [0.4, 0.5) is 11.4 Å². The summed E-state index contributed by atoms with van der Waals surface area (Å²) < 4.78 is 1.73. The summed E-state index contributed by atoms with van der Waals surface area (Å²) in [4.78, 5) is 36.6. The highest BCUT2D eigenvalue weighted by atomic mass is 32.2. The molecule has 3 aromatic rings. The maximum absolute atomic E-state index is 12.6. The number of benzene rings is 2. The lowest BCUT2D eigenvalue weighted by molar-refractivity contribution is -0.113. The van der Waals surface area contributed by atoms with Gasteiger partial charge < -0.3 is 20.5 Å². The Morgan fingerprint density at radius 1 is 1.00 bits per heavy atom. The zero-order valence-electron chi connectivity index (χ0n) is 17.3. The van der Waals surface area contributed by atoms with Crippen LogP contribution in [0.3, 0.4) is 0 Å². The van der Waals surface area contributed by atoms with Gasteiger partial charge in [-0.2, -0.15) is 0 Å². The molecule has 10 heteroatoms. The minimum atomic E-state index is -0.323. The first-order valence-corrected chi connectivity index (χ1v) is 10.4. The van der Waals surface area contributed by atoms with Gasteiger partial charge in [0.25, 0.3) is 11.8 Å². The van der Waals surface area contributed by atoms with E-state index in [0.717, 1.165) is 5.56 Å². The van der Waals surface area contributed by atoms with Crippen LogP contribution in [-0.4, -0.2) is 45.3 Å². The third-order valence-corrected chi connectivity index (χ3v) is 5.44. The van der Waals surface area contributed by atoms with Crippen molar-refractivity contribution in [2.75, 3.05) is 23.4 Å². The summed E-state index contributed by atoms with van der Waals surface area (Å²) in [5.74, 6) is -0.565. The van der Waals surface area contributed by atoms with Crippen molar-refractivity contribution in [3.8, 4) is 0 Å². The standard InChI is InChI=1S/C21H22N6O3S/c1-13-4-5-15(20(30)24-16-8-6-14(7-9-16)19(29)22-2)10-17(13)25-18(28)11-31-21-26-23-12-27(21)3/h4-10,12H,11H2,1-3H3,(H,22,29)(H,24,30)(H,25,28). The molecule has 0 spiro atoms. The van der Waals surface area contributed by atoms with Crippen molar-refractivity contribution in [3.05, 3.63) is 65.5 Å². The van der Waals surface area contributed by atoms with E-state index in [9.17, 15) is 14.4 Å². The topological polar surface area (TPSA) is 118 Å². The highest BCUT2D eigenvalue weighted by Crippen LogP contribution is 2.20. The van der Waals surface area contributed by atoms with Crippen molar-refractivity contribution in [1.29, 1.82) is 0 Å². The first kappa shape index (κ1) is 22.0. The summed E-state index contributed by atoms with van der Waals surface area (Å²) >= 11 is 1.27. The van der Waals surface area contributed by atoms with Crippen LogP contribution in [0.5, 0.6) is 0 Å². The van der Waals surface area contributed by atoms with Gasteiger partial charge in [-0.05, 0) is 48.9 Å².